The summed E-state index contributed by atoms with van der Waals surface area (Å²) in [5.41, 5.74) is 2.28. The molecule has 2 rings (SSSR count). The second-order valence-electron chi connectivity index (χ2n) is 6.15. The molecule has 0 bridgehead atoms. The van der Waals surface area contributed by atoms with Crippen molar-refractivity contribution in [3.8, 4) is 0 Å². The molecule has 0 amide bonds. The predicted octanol–water partition coefficient (Wildman–Crippen LogP) is 5.20. The highest BCUT2D eigenvalue weighted by Gasteiger charge is 2.28. The van der Waals surface area contributed by atoms with Gasteiger partial charge in [-0.1, -0.05) is 43.6 Å². The molecule has 0 saturated carbocycles. The fourth-order valence-corrected chi connectivity index (χ4v) is 3.07. The fraction of sp³-hybridized carbons (Fsp3) is 0.500. The summed E-state index contributed by atoms with van der Waals surface area (Å²) in [6, 6.07) is 6.59. The molecule has 0 aliphatic carbocycles. The Balaban J connectivity index is 2.52. The van der Waals surface area contributed by atoms with E-state index in [0.717, 1.165) is 27.7 Å². The van der Waals surface area contributed by atoms with E-state index in [1.54, 1.807) is 0 Å². The molecule has 1 heterocycles. The Kier molecular flexibility index (Phi) is 4.07. The lowest BCUT2D eigenvalue weighted by Gasteiger charge is -2.29. The van der Waals surface area contributed by atoms with Crippen molar-refractivity contribution in [3.63, 3.8) is 0 Å². The van der Waals surface area contributed by atoms with E-state index in [1.165, 1.54) is 5.56 Å². The van der Waals surface area contributed by atoms with Crippen LogP contribution in [0.5, 0.6) is 0 Å². The lowest BCUT2D eigenvalue weighted by Crippen LogP contribution is -2.31. The van der Waals surface area contributed by atoms with Crippen LogP contribution in [0.25, 0.3) is 11.0 Å². The van der Waals surface area contributed by atoms with Crippen molar-refractivity contribution in [3.05, 3.63) is 34.0 Å². The summed E-state index contributed by atoms with van der Waals surface area (Å²) in [7, 11) is 0. The monoisotopic (exact) mass is 323 g/mol. The van der Waals surface area contributed by atoms with Gasteiger partial charge in [0.1, 0.15) is 11.3 Å². The van der Waals surface area contributed by atoms with Gasteiger partial charge >= 0.3 is 0 Å². The Labute approximate surface area is 123 Å². The molecule has 0 radical (unpaired) electrons. The van der Waals surface area contributed by atoms with Gasteiger partial charge in [0.2, 0.25) is 0 Å². The quantitative estimate of drug-likeness (QED) is 0.839. The third-order valence-electron chi connectivity index (χ3n) is 3.34. The lowest BCUT2D eigenvalue weighted by atomic mass is 9.85. The summed E-state index contributed by atoms with van der Waals surface area (Å²) in [5.74, 6) is 1.02. The van der Waals surface area contributed by atoms with Crippen molar-refractivity contribution in [2.75, 3.05) is 6.54 Å². The van der Waals surface area contributed by atoms with Gasteiger partial charge in [0, 0.05) is 9.86 Å². The number of furan rings is 1. The normalized spacial score (nSPS) is 14.0. The lowest BCUT2D eigenvalue weighted by molar-refractivity contribution is 0.244. The molecule has 2 aromatic rings. The average molecular weight is 324 g/mol. The summed E-state index contributed by atoms with van der Waals surface area (Å²) < 4.78 is 7.21. The molecule has 1 atom stereocenters. The maximum absolute atomic E-state index is 6.11. The molecule has 0 spiro atoms. The Morgan fingerprint density at radius 2 is 1.95 bits per heavy atom. The molecule has 104 valence electrons. The molecule has 0 saturated heterocycles. The standard InChI is InChI=1S/C16H22BrNO/c1-6-18-15(16(3,4)5)13-9-11-8-12(17)7-10(2)14(11)19-13/h7-9,15,18H,6H2,1-5H3. The van der Waals surface area contributed by atoms with Crippen LogP contribution in [0.4, 0.5) is 0 Å². The van der Waals surface area contributed by atoms with Crippen molar-refractivity contribution in [2.24, 2.45) is 5.41 Å². The third kappa shape index (κ3) is 3.03. The first-order chi connectivity index (χ1) is 8.82. The van der Waals surface area contributed by atoms with Crippen molar-refractivity contribution >= 4 is 26.9 Å². The Morgan fingerprint density at radius 1 is 1.26 bits per heavy atom. The van der Waals surface area contributed by atoms with E-state index in [-0.39, 0.29) is 11.5 Å². The summed E-state index contributed by atoms with van der Waals surface area (Å²) in [6.07, 6.45) is 0. The minimum atomic E-state index is 0.120. The highest BCUT2D eigenvalue weighted by Crippen LogP contribution is 2.37. The van der Waals surface area contributed by atoms with Gasteiger partial charge in [-0.25, -0.2) is 0 Å². The van der Waals surface area contributed by atoms with Crippen LogP contribution in [-0.4, -0.2) is 6.54 Å². The molecule has 1 N–H and O–H groups in total. The van der Waals surface area contributed by atoms with Crippen LogP contribution >= 0.6 is 15.9 Å². The zero-order valence-electron chi connectivity index (χ0n) is 12.3. The number of hydrogen-bond donors (Lipinski definition) is 1. The van der Waals surface area contributed by atoms with Gasteiger partial charge < -0.3 is 9.73 Å². The first-order valence-corrected chi connectivity index (χ1v) is 7.55. The van der Waals surface area contributed by atoms with Gasteiger partial charge in [-0.3, -0.25) is 0 Å². The molecular weight excluding hydrogens is 302 g/mol. The Hall–Kier alpha value is -0.800. The maximum Gasteiger partial charge on any atom is 0.137 e. The molecule has 2 nitrogen and oxygen atoms in total. The zero-order chi connectivity index (χ0) is 14.2. The predicted molar refractivity (Wildman–Crippen MR) is 84.5 cm³/mol. The van der Waals surface area contributed by atoms with Crippen LogP contribution in [0, 0.1) is 12.3 Å². The van der Waals surface area contributed by atoms with Crippen molar-refractivity contribution in [2.45, 2.75) is 40.7 Å². The first kappa shape index (κ1) is 14.6. The van der Waals surface area contributed by atoms with E-state index in [1.807, 2.05) is 0 Å². The second-order valence-corrected chi connectivity index (χ2v) is 7.06. The smallest absolute Gasteiger partial charge is 0.137 e. The first-order valence-electron chi connectivity index (χ1n) is 6.76. The number of nitrogens with one attached hydrogen (secondary N) is 1. The van der Waals surface area contributed by atoms with E-state index in [2.05, 4.69) is 74.1 Å². The fourth-order valence-electron chi connectivity index (χ4n) is 2.48. The van der Waals surface area contributed by atoms with Crippen LogP contribution < -0.4 is 5.32 Å². The molecule has 1 unspecified atom stereocenters. The molecule has 1 aromatic heterocycles. The van der Waals surface area contributed by atoms with E-state index in [0.29, 0.717) is 0 Å². The number of fused-ring (bicyclic) bond motifs is 1. The van der Waals surface area contributed by atoms with Gasteiger partial charge in [-0.2, -0.15) is 0 Å². The van der Waals surface area contributed by atoms with Crippen LogP contribution in [0.3, 0.4) is 0 Å². The average Bonchev–Trinajstić information content (AvgIpc) is 2.67. The number of halogens is 1. The minimum absolute atomic E-state index is 0.120. The number of benzene rings is 1. The van der Waals surface area contributed by atoms with Crippen molar-refractivity contribution in [1.29, 1.82) is 0 Å². The Bertz CT molecular complexity index is 580. The molecule has 0 aliphatic heterocycles. The zero-order valence-corrected chi connectivity index (χ0v) is 13.9. The number of hydrogen-bond acceptors (Lipinski definition) is 2. The van der Waals surface area contributed by atoms with Crippen LogP contribution in [0.15, 0.2) is 27.1 Å². The molecule has 1 aromatic carbocycles. The second kappa shape index (κ2) is 5.29. The van der Waals surface area contributed by atoms with Crippen molar-refractivity contribution < 1.29 is 4.42 Å². The van der Waals surface area contributed by atoms with Crippen LogP contribution in [0.2, 0.25) is 0 Å². The molecular formula is C16H22BrNO. The Morgan fingerprint density at radius 3 is 2.53 bits per heavy atom. The van der Waals surface area contributed by atoms with Gasteiger partial charge in [0.25, 0.3) is 0 Å². The van der Waals surface area contributed by atoms with E-state index in [4.69, 9.17) is 4.42 Å². The van der Waals surface area contributed by atoms with E-state index < -0.39 is 0 Å². The highest BCUT2D eigenvalue weighted by atomic mass is 79.9. The number of aryl methyl sites for hydroxylation is 1. The van der Waals surface area contributed by atoms with Gasteiger partial charge in [0.15, 0.2) is 0 Å². The third-order valence-corrected chi connectivity index (χ3v) is 3.80. The van der Waals surface area contributed by atoms with Gasteiger partial charge in [-0.05, 0) is 42.6 Å². The summed E-state index contributed by atoms with van der Waals surface area (Å²) in [5, 5.41) is 4.69. The topological polar surface area (TPSA) is 25.2 Å². The molecule has 0 fully saturated rings. The SMILES string of the molecule is CCNC(c1cc2cc(Br)cc(C)c2o1)C(C)(C)C. The van der Waals surface area contributed by atoms with Crippen LogP contribution in [0.1, 0.15) is 45.1 Å². The largest absolute Gasteiger partial charge is 0.459 e. The summed E-state index contributed by atoms with van der Waals surface area (Å²) >= 11 is 3.54. The molecule has 19 heavy (non-hydrogen) atoms. The van der Waals surface area contributed by atoms with Gasteiger partial charge in [0.05, 0.1) is 6.04 Å². The molecule has 0 aliphatic rings. The molecule has 3 heteroatoms. The van der Waals surface area contributed by atoms with Crippen LogP contribution in [-0.2, 0) is 0 Å². The van der Waals surface area contributed by atoms with Gasteiger partial charge in [-0.15, -0.1) is 0 Å². The minimum Gasteiger partial charge on any atom is -0.459 e. The highest BCUT2D eigenvalue weighted by molar-refractivity contribution is 9.10. The van der Waals surface area contributed by atoms with E-state index in [9.17, 15) is 0 Å². The summed E-state index contributed by atoms with van der Waals surface area (Å²) in [6.45, 7) is 11.8. The van der Waals surface area contributed by atoms with Crippen molar-refractivity contribution in [1.82, 2.24) is 5.32 Å². The summed E-state index contributed by atoms with van der Waals surface area (Å²) in [4.78, 5) is 0. The number of rotatable bonds is 3. The maximum atomic E-state index is 6.11. The van der Waals surface area contributed by atoms with E-state index >= 15 is 0 Å².